The zero-order valence-electron chi connectivity index (χ0n) is 10.2. The first-order valence-electron chi connectivity index (χ1n) is 5.45. The second kappa shape index (κ2) is 5.44. The Bertz CT molecular complexity index is 418. The number of hydrogen-bond acceptors (Lipinski definition) is 2. The van der Waals surface area contributed by atoms with Crippen molar-refractivity contribution in [1.82, 2.24) is 0 Å². The minimum Gasteiger partial charge on any atom is -0.410 e. The molecular weight excluding hydrogens is 243 g/mol. The highest BCUT2D eigenvalue weighted by Crippen LogP contribution is 2.40. The van der Waals surface area contributed by atoms with E-state index in [1.807, 2.05) is 0 Å². The molecule has 1 atom stereocenters. The van der Waals surface area contributed by atoms with Crippen molar-refractivity contribution in [2.75, 3.05) is 6.54 Å². The van der Waals surface area contributed by atoms with Crippen LogP contribution in [0.25, 0.3) is 0 Å². The number of rotatable bonds is 5. The summed E-state index contributed by atoms with van der Waals surface area (Å²) in [5, 5.41) is 0. The fraction of sp³-hybridized carbons (Fsp3) is 0.385. The van der Waals surface area contributed by atoms with Gasteiger partial charge in [0.1, 0.15) is 5.76 Å². The zero-order valence-corrected chi connectivity index (χ0v) is 10.2. The number of nitrogens with two attached hydrogens (primary N) is 1. The van der Waals surface area contributed by atoms with Crippen LogP contribution in [0.3, 0.4) is 0 Å². The van der Waals surface area contributed by atoms with Crippen LogP contribution in [0.1, 0.15) is 13.3 Å². The highest BCUT2D eigenvalue weighted by atomic mass is 19.4. The summed E-state index contributed by atoms with van der Waals surface area (Å²) >= 11 is 0. The molecule has 0 heterocycles. The molecule has 18 heavy (non-hydrogen) atoms. The van der Waals surface area contributed by atoms with E-state index in [2.05, 4.69) is 17.9 Å². The Hall–Kier alpha value is -1.49. The summed E-state index contributed by atoms with van der Waals surface area (Å²) in [4.78, 5) is 0. The Labute approximate surface area is 104 Å². The third-order valence-electron chi connectivity index (χ3n) is 2.62. The normalized spacial score (nSPS) is 19.9. The first kappa shape index (κ1) is 14.6. The van der Waals surface area contributed by atoms with Gasteiger partial charge >= 0.3 is 6.36 Å². The van der Waals surface area contributed by atoms with E-state index in [4.69, 9.17) is 5.73 Å². The number of hydrogen-bond donors (Lipinski definition) is 1. The highest BCUT2D eigenvalue weighted by Gasteiger charge is 2.38. The van der Waals surface area contributed by atoms with Gasteiger partial charge in [-0.15, -0.1) is 13.2 Å². The third-order valence-corrected chi connectivity index (χ3v) is 2.62. The molecule has 0 saturated heterocycles. The largest absolute Gasteiger partial charge is 0.572 e. The van der Waals surface area contributed by atoms with Crippen LogP contribution in [-0.4, -0.2) is 12.9 Å². The third kappa shape index (κ3) is 3.77. The standard InChI is InChI=1S/C13H16F3NO/c1-8(2)11(6-9(3)7-17)10-4-5-12(10)18-13(14,15)16/h5-6,10H,1,3-4,7,17H2,2H3/b11-6+/t10-/m1/s1. The second-order valence-corrected chi connectivity index (χ2v) is 4.18. The number of ether oxygens (including phenoxy) is 1. The smallest absolute Gasteiger partial charge is 0.410 e. The molecule has 0 aromatic carbocycles. The molecule has 0 radical (unpaired) electrons. The van der Waals surface area contributed by atoms with Gasteiger partial charge in [-0.05, 0) is 30.6 Å². The molecule has 5 heteroatoms. The van der Waals surface area contributed by atoms with Gasteiger partial charge in [0.2, 0.25) is 0 Å². The predicted molar refractivity (Wildman–Crippen MR) is 64.4 cm³/mol. The maximum absolute atomic E-state index is 12.2. The minimum absolute atomic E-state index is 0.0819. The van der Waals surface area contributed by atoms with Crippen LogP contribution in [0.15, 0.2) is 47.8 Å². The molecule has 0 aliphatic heterocycles. The molecule has 1 rings (SSSR count). The van der Waals surface area contributed by atoms with Gasteiger partial charge in [0.05, 0.1) is 0 Å². The van der Waals surface area contributed by atoms with E-state index < -0.39 is 12.3 Å². The molecule has 1 aliphatic rings. The van der Waals surface area contributed by atoms with Crippen LogP contribution in [0.2, 0.25) is 0 Å². The quantitative estimate of drug-likeness (QED) is 0.767. The van der Waals surface area contributed by atoms with E-state index in [1.54, 1.807) is 13.0 Å². The monoisotopic (exact) mass is 259 g/mol. The van der Waals surface area contributed by atoms with Gasteiger partial charge < -0.3 is 10.5 Å². The summed E-state index contributed by atoms with van der Waals surface area (Å²) in [6, 6.07) is 0. The van der Waals surface area contributed by atoms with Crippen LogP contribution >= 0.6 is 0 Å². The van der Waals surface area contributed by atoms with Crippen molar-refractivity contribution in [3.63, 3.8) is 0 Å². The lowest BCUT2D eigenvalue weighted by Crippen LogP contribution is -2.24. The molecule has 100 valence electrons. The number of allylic oxidation sites excluding steroid dienone is 3. The average Bonchev–Trinajstić information content (AvgIpc) is 2.22. The molecule has 2 N–H and O–H groups in total. The lowest BCUT2D eigenvalue weighted by Gasteiger charge is -2.30. The molecular formula is C13H16F3NO. The number of alkyl halides is 3. The highest BCUT2D eigenvalue weighted by molar-refractivity contribution is 5.42. The van der Waals surface area contributed by atoms with Crippen molar-refractivity contribution in [2.24, 2.45) is 11.7 Å². The lowest BCUT2D eigenvalue weighted by atomic mass is 9.81. The van der Waals surface area contributed by atoms with E-state index >= 15 is 0 Å². The lowest BCUT2D eigenvalue weighted by molar-refractivity contribution is -0.310. The van der Waals surface area contributed by atoms with Crippen molar-refractivity contribution in [3.05, 3.63) is 47.8 Å². The summed E-state index contributed by atoms with van der Waals surface area (Å²) < 4.78 is 40.4. The van der Waals surface area contributed by atoms with E-state index in [0.29, 0.717) is 23.1 Å². The summed E-state index contributed by atoms with van der Waals surface area (Å²) in [7, 11) is 0. The Kier molecular flexibility index (Phi) is 4.40. The van der Waals surface area contributed by atoms with Crippen molar-refractivity contribution < 1.29 is 17.9 Å². The van der Waals surface area contributed by atoms with Gasteiger partial charge in [0.25, 0.3) is 0 Å². The van der Waals surface area contributed by atoms with E-state index in [-0.39, 0.29) is 12.3 Å². The molecule has 0 unspecified atom stereocenters. The van der Waals surface area contributed by atoms with E-state index in [9.17, 15) is 13.2 Å². The van der Waals surface area contributed by atoms with E-state index in [1.165, 1.54) is 6.08 Å². The molecule has 0 aromatic rings. The Balaban J connectivity index is 2.86. The van der Waals surface area contributed by atoms with Crippen molar-refractivity contribution in [3.8, 4) is 0 Å². The molecule has 0 saturated carbocycles. The summed E-state index contributed by atoms with van der Waals surface area (Å²) in [6.45, 7) is 9.46. The zero-order chi connectivity index (χ0) is 13.9. The van der Waals surface area contributed by atoms with Crippen LogP contribution in [0.5, 0.6) is 0 Å². The summed E-state index contributed by atoms with van der Waals surface area (Å²) in [5.74, 6) is -0.492. The molecule has 0 amide bonds. The molecule has 1 aliphatic carbocycles. The topological polar surface area (TPSA) is 35.2 Å². The molecule has 0 aromatic heterocycles. The fourth-order valence-corrected chi connectivity index (χ4v) is 1.66. The maximum atomic E-state index is 12.2. The van der Waals surface area contributed by atoms with Crippen LogP contribution in [0, 0.1) is 5.92 Å². The fourth-order valence-electron chi connectivity index (χ4n) is 1.66. The molecule has 0 fully saturated rings. The van der Waals surface area contributed by atoms with Gasteiger partial charge in [-0.1, -0.05) is 24.8 Å². The molecule has 2 nitrogen and oxygen atoms in total. The number of halogens is 3. The van der Waals surface area contributed by atoms with Gasteiger partial charge in [-0.3, -0.25) is 0 Å². The maximum Gasteiger partial charge on any atom is 0.572 e. The SMILES string of the molecule is C=C(/C=C(\C(=C)C)[C@H]1CC=C1OC(F)(F)F)CN. The Morgan fingerprint density at radius 2 is 2.17 bits per heavy atom. The first-order chi connectivity index (χ1) is 8.24. The Morgan fingerprint density at radius 3 is 2.50 bits per heavy atom. The van der Waals surface area contributed by atoms with E-state index in [0.717, 1.165) is 0 Å². The molecule has 0 spiro atoms. The molecule has 0 bridgehead atoms. The minimum atomic E-state index is -4.66. The first-order valence-corrected chi connectivity index (χ1v) is 5.45. The van der Waals surface area contributed by atoms with Crippen molar-refractivity contribution >= 4 is 0 Å². The average molecular weight is 259 g/mol. The summed E-state index contributed by atoms with van der Waals surface area (Å²) in [5.41, 5.74) is 7.43. The van der Waals surface area contributed by atoms with Gasteiger partial charge in [0, 0.05) is 12.5 Å². The van der Waals surface area contributed by atoms with Gasteiger partial charge in [-0.25, -0.2) is 0 Å². The van der Waals surface area contributed by atoms with Crippen LogP contribution in [-0.2, 0) is 4.74 Å². The van der Waals surface area contributed by atoms with Crippen molar-refractivity contribution in [1.29, 1.82) is 0 Å². The predicted octanol–water partition coefficient (Wildman–Crippen LogP) is 3.44. The van der Waals surface area contributed by atoms with Crippen molar-refractivity contribution in [2.45, 2.75) is 19.7 Å². The van der Waals surface area contributed by atoms with Gasteiger partial charge in [0.15, 0.2) is 0 Å². The van der Waals surface area contributed by atoms with Crippen LogP contribution < -0.4 is 5.73 Å². The van der Waals surface area contributed by atoms with Crippen LogP contribution in [0.4, 0.5) is 13.2 Å². The second-order valence-electron chi connectivity index (χ2n) is 4.18. The van der Waals surface area contributed by atoms with Gasteiger partial charge in [-0.2, -0.15) is 0 Å². The summed E-state index contributed by atoms with van der Waals surface area (Å²) in [6.07, 6.45) is -1.06. The Morgan fingerprint density at radius 1 is 1.56 bits per heavy atom.